The third-order valence-electron chi connectivity index (χ3n) is 3.32. The molecule has 1 aromatic heterocycles. The number of ether oxygens (including phenoxy) is 1. The normalized spacial score (nSPS) is 11.2. The number of rotatable bonds is 5. The van der Waals surface area contributed by atoms with E-state index in [1.165, 1.54) is 19.2 Å². The molecule has 118 valence electrons. The van der Waals surface area contributed by atoms with Gasteiger partial charge in [0.2, 0.25) is 0 Å². The minimum absolute atomic E-state index is 0.177. The number of nitrogens with one attached hydrogen (secondary N) is 2. The van der Waals surface area contributed by atoms with E-state index in [9.17, 15) is 8.42 Å². The van der Waals surface area contributed by atoms with E-state index in [1.807, 2.05) is 18.2 Å². The smallest absolute Gasteiger partial charge is 0.261 e. The number of aromatic amines is 1. The highest BCUT2D eigenvalue weighted by molar-refractivity contribution is 7.92. The van der Waals surface area contributed by atoms with Crippen LogP contribution in [-0.4, -0.2) is 25.7 Å². The zero-order valence-electron chi connectivity index (χ0n) is 12.4. The Labute approximate surface area is 134 Å². The van der Waals surface area contributed by atoms with Crippen LogP contribution >= 0.6 is 0 Å². The first kappa shape index (κ1) is 15.1. The number of aromatic nitrogens is 2. The van der Waals surface area contributed by atoms with Crippen LogP contribution in [0, 0.1) is 0 Å². The molecule has 2 aromatic carbocycles. The van der Waals surface area contributed by atoms with Gasteiger partial charge in [-0.1, -0.05) is 12.1 Å². The first-order chi connectivity index (χ1) is 11.1. The number of H-pyrrole nitrogens is 1. The van der Waals surface area contributed by atoms with Gasteiger partial charge >= 0.3 is 0 Å². The quantitative estimate of drug-likeness (QED) is 0.754. The highest BCUT2D eigenvalue weighted by atomic mass is 32.2. The van der Waals surface area contributed by atoms with E-state index in [4.69, 9.17) is 4.74 Å². The maximum Gasteiger partial charge on any atom is 0.261 e. The van der Waals surface area contributed by atoms with E-state index in [2.05, 4.69) is 14.9 Å². The number of hydrogen-bond acceptors (Lipinski definition) is 4. The predicted molar refractivity (Wildman–Crippen MR) is 87.8 cm³/mol. The van der Waals surface area contributed by atoms with Gasteiger partial charge in [0.15, 0.2) is 0 Å². The van der Waals surface area contributed by atoms with Gasteiger partial charge in [-0.25, -0.2) is 8.42 Å². The molecule has 0 amide bonds. The number of methoxy groups -OCH3 is 1. The van der Waals surface area contributed by atoms with Gasteiger partial charge in [0.25, 0.3) is 10.0 Å². The lowest BCUT2D eigenvalue weighted by Crippen LogP contribution is -2.12. The molecule has 7 heteroatoms. The summed E-state index contributed by atoms with van der Waals surface area (Å²) in [4.78, 5) is 0.177. The summed E-state index contributed by atoms with van der Waals surface area (Å²) in [5, 5.41) is 6.74. The summed E-state index contributed by atoms with van der Waals surface area (Å²) >= 11 is 0. The van der Waals surface area contributed by atoms with Crippen LogP contribution in [0.1, 0.15) is 0 Å². The summed E-state index contributed by atoms with van der Waals surface area (Å²) in [6, 6.07) is 15.1. The second kappa shape index (κ2) is 6.13. The molecule has 3 aromatic rings. The fraction of sp³-hybridized carbons (Fsp3) is 0.0625. The number of nitrogens with zero attached hydrogens (tertiary/aromatic N) is 1. The summed E-state index contributed by atoms with van der Waals surface area (Å²) in [7, 11) is -2.10. The Morgan fingerprint density at radius 1 is 1.00 bits per heavy atom. The molecule has 0 bridgehead atoms. The number of benzene rings is 2. The summed E-state index contributed by atoms with van der Waals surface area (Å²) in [6.07, 6.45) is 1.66. The van der Waals surface area contributed by atoms with Gasteiger partial charge in [-0.2, -0.15) is 5.10 Å². The van der Waals surface area contributed by atoms with Gasteiger partial charge in [-0.3, -0.25) is 9.82 Å². The average Bonchev–Trinajstić information content (AvgIpc) is 3.10. The van der Waals surface area contributed by atoms with Gasteiger partial charge in [0.1, 0.15) is 5.75 Å². The molecule has 0 saturated heterocycles. The average molecular weight is 329 g/mol. The van der Waals surface area contributed by atoms with E-state index < -0.39 is 10.0 Å². The Balaban J connectivity index is 1.79. The van der Waals surface area contributed by atoms with Crippen molar-refractivity contribution in [3.8, 4) is 17.0 Å². The Hall–Kier alpha value is -2.80. The molecule has 0 saturated carbocycles. The first-order valence-corrected chi connectivity index (χ1v) is 8.33. The largest absolute Gasteiger partial charge is 0.497 e. The lowest BCUT2D eigenvalue weighted by molar-refractivity contribution is 0.414. The van der Waals surface area contributed by atoms with Crippen LogP contribution in [0.25, 0.3) is 11.3 Å². The SMILES string of the molecule is COc1ccc(S(=O)(=O)Nc2ccc(-c3ccn[nH]3)cc2)cc1. The summed E-state index contributed by atoms with van der Waals surface area (Å²) < 4.78 is 32.3. The summed E-state index contributed by atoms with van der Waals surface area (Å²) in [6.45, 7) is 0. The maximum atomic E-state index is 12.3. The minimum atomic E-state index is -3.63. The molecule has 0 aliphatic heterocycles. The van der Waals surface area contributed by atoms with Crippen molar-refractivity contribution < 1.29 is 13.2 Å². The lowest BCUT2D eigenvalue weighted by Gasteiger charge is -2.09. The fourth-order valence-corrected chi connectivity index (χ4v) is 3.16. The lowest BCUT2D eigenvalue weighted by atomic mass is 10.1. The van der Waals surface area contributed by atoms with E-state index in [0.717, 1.165) is 11.3 Å². The zero-order valence-corrected chi connectivity index (χ0v) is 13.2. The maximum absolute atomic E-state index is 12.3. The van der Waals surface area contributed by atoms with E-state index in [0.29, 0.717) is 11.4 Å². The van der Waals surface area contributed by atoms with Crippen molar-refractivity contribution in [2.24, 2.45) is 0 Å². The number of anilines is 1. The Morgan fingerprint density at radius 3 is 2.26 bits per heavy atom. The topological polar surface area (TPSA) is 84.1 Å². The molecule has 3 rings (SSSR count). The van der Waals surface area contributed by atoms with Crippen molar-refractivity contribution in [2.45, 2.75) is 4.90 Å². The molecular weight excluding hydrogens is 314 g/mol. The van der Waals surface area contributed by atoms with Gasteiger partial charge < -0.3 is 4.74 Å². The molecule has 0 aliphatic rings. The van der Waals surface area contributed by atoms with Crippen molar-refractivity contribution in [2.75, 3.05) is 11.8 Å². The highest BCUT2D eigenvalue weighted by Crippen LogP contribution is 2.22. The molecule has 2 N–H and O–H groups in total. The molecule has 6 nitrogen and oxygen atoms in total. The summed E-state index contributed by atoms with van der Waals surface area (Å²) in [5.41, 5.74) is 2.29. The molecular formula is C16H15N3O3S. The van der Waals surface area contributed by atoms with Crippen molar-refractivity contribution in [3.63, 3.8) is 0 Å². The van der Waals surface area contributed by atoms with Crippen LogP contribution in [0.3, 0.4) is 0 Å². The van der Waals surface area contributed by atoms with Crippen molar-refractivity contribution in [1.82, 2.24) is 10.2 Å². The standard InChI is InChI=1S/C16H15N3O3S/c1-22-14-6-8-15(9-7-14)23(20,21)19-13-4-2-12(3-5-13)16-10-11-17-18-16/h2-11,19H,1H3,(H,17,18). The second-order valence-corrected chi connectivity index (χ2v) is 6.51. The third-order valence-corrected chi connectivity index (χ3v) is 4.72. The molecule has 0 atom stereocenters. The van der Waals surface area contributed by atoms with Crippen LogP contribution in [-0.2, 0) is 10.0 Å². The Bertz CT molecular complexity index is 871. The number of hydrogen-bond donors (Lipinski definition) is 2. The van der Waals surface area contributed by atoms with Crippen molar-refractivity contribution in [1.29, 1.82) is 0 Å². The Kier molecular flexibility index (Phi) is 4.03. The van der Waals surface area contributed by atoms with Gasteiger partial charge in [-0.15, -0.1) is 0 Å². The van der Waals surface area contributed by atoms with Crippen molar-refractivity contribution in [3.05, 3.63) is 60.8 Å². The molecule has 0 aliphatic carbocycles. The molecule has 0 spiro atoms. The van der Waals surface area contributed by atoms with Gasteiger partial charge in [0.05, 0.1) is 17.7 Å². The van der Waals surface area contributed by atoms with Crippen LogP contribution in [0.2, 0.25) is 0 Å². The van der Waals surface area contributed by atoms with Crippen molar-refractivity contribution >= 4 is 15.7 Å². The highest BCUT2D eigenvalue weighted by Gasteiger charge is 2.14. The fourth-order valence-electron chi connectivity index (χ4n) is 2.10. The van der Waals surface area contributed by atoms with Crippen LogP contribution in [0.4, 0.5) is 5.69 Å². The zero-order chi connectivity index (χ0) is 16.3. The molecule has 1 heterocycles. The molecule has 0 unspecified atom stereocenters. The third kappa shape index (κ3) is 3.35. The van der Waals surface area contributed by atoms with Crippen LogP contribution < -0.4 is 9.46 Å². The van der Waals surface area contributed by atoms with Gasteiger partial charge in [-0.05, 0) is 48.0 Å². The monoisotopic (exact) mass is 329 g/mol. The van der Waals surface area contributed by atoms with E-state index >= 15 is 0 Å². The molecule has 0 fully saturated rings. The van der Waals surface area contributed by atoms with Crippen LogP contribution in [0.15, 0.2) is 65.7 Å². The second-order valence-electron chi connectivity index (χ2n) is 4.83. The Morgan fingerprint density at radius 2 is 1.70 bits per heavy atom. The van der Waals surface area contributed by atoms with Gasteiger partial charge in [0, 0.05) is 11.9 Å². The molecule has 23 heavy (non-hydrogen) atoms. The van der Waals surface area contributed by atoms with E-state index in [-0.39, 0.29) is 4.90 Å². The minimum Gasteiger partial charge on any atom is -0.497 e. The van der Waals surface area contributed by atoms with Crippen LogP contribution in [0.5, 0.6) is 5.75 Å². The summed E-state index contributed by atoms with van der Waals surface area (Å²) in [5.74, 6) is 0.605. The van der Waals surface area contributed by atoms with E-state index in [1.54, 1.807) is 30.5 Å². The number of sulfonamides is 1. The first-order valence-electron chi connectivity index (χ1n) is 6.85. The predicted octanol–water partition coefficient (Wildman–Crippen LogP) is 2.89. The molecule has 0 radical (unpaired) electrons.